The van der Waals surface area contributed by atoms with Crippen LogP contribution in [0.4, 0.5) is 0 Å². The van der Waals surface area contributed by atoms with Gasteiger partial charge in [-0.05, 0) is 58.3 Å². The second-order valence-corrected chi connectivity index (χ2v) is 9.61. The number of rotatable bonds is 10. The Morgan fingerprint density at radius 3 is 2.45 bits per heavy atom. The maximum atomic E-state index is 4.90. The van der Waals surface area contributed by atoms with Crippen molar-refractivity contribution < 1.29 is 0 Å². The van der Waals surface area contributed by atoms with Crippen LogP contribution in [-0.2, 0) is 0 Å². The fourth-order valence-electron chi connectivity index (χ4n) is 3.47. The largest absolute Gasteiger partial charge is 0.357 e. The highest BCUT2D eigenvalue weighted by atomic mass is 127. The molecule has 2 fully saturated rings. The first-order chi connectivity index (χ1) is 13.7. The number of piperazine rings is 1. The smallest absolute Gasteiger partial charge is 0.191 e. The fraction of sp³-hybridized carbons (Fsp3) is 0.682. The maximum absolute atomic E-state index is 4.90. The van der Waals surface area contributed by atoms with Gasteiger partial charge in [-0.3, -0.25) is 4.99 Å². The molecule has 0 unspecified atom stereocenters. The van der Waals surface area contributed by atoms with Crippen LogP contribution in [0.3, 0.4) is 0 Å². The summed E-state index contributed by atoms with van der Waals surface area (Å²) in [6.07, 6.45) is 4.98. The summed E-state index contributed by atoms with van der Waals surface area (Å²) in [6.45, 7) is 11.0. The number of aliphatic imine (C=N–C) groups is 1. The molecule has 0 spiro atoms. The van der Waals surface area contributed by atoms with Crippen molar-refractivity contribution in [2.75, 3.05) is 59.4 Å². The molecule has 29 heavy (non-hydrogen) atoms. The summed E-state index contributed by atoms with van der Waals surface area (Å²) in [6, 6.07) is 10.7. The van der Waals surface area contributed by atoms with E-state index in [1.165, 1.54) is 63.3 Å². The number of hydrogen-bond donors (Lipinski definition) is 2. The topological polar surface area (TPSA) is 42.9 Å². The zero-order valence-corrected chi connectivity index (χ0v) is 21.2. The normalized spacial score (nSPS) is 19.4. The van der Waals surface area contributed by atoms with Gasteiger partial charge in [0.05, 0.1) is 6.54 Å². The predicted molar refractivity (Wildman–Crippen MR) is 137 cm³/mol. The van der Waals surface area contributed by atoms with E-state index in [2.05, 4.69) is 64.7 Å². The van der Waals surface area contributed by atoms with Crippen molar-refractivity contribution >= 4 is 41.7 Å². The fourth-order valence-corrected chi connectivity index (χ4v) is 4.70. The van der Waals surface area contributed by atoms with Gasteiger partial charge in [0, 0.05) is 48.9 Å². The molecule has 0 amide bonds. The molecule has 1 aliphatic heterocycles. The van der Waals surface area contributed by atoms with Gasteiger partial charge in [-0.15, -0.1) is 35.7 Å². The number of benzene rings is 1. The third kappa shape index (κ3) is 9.02. The first kappa shape index (κ1) is 24.8. The highest BCUT2D eigenvalue weighted by molar-refractivity contribution is 14.0. The van der Waals surface area contributed by atoms with E-state index < -0.39 is 0 Å². The SMILES string of the molecule is CCNC(=NCC1(Sc2ccccc2)CC1)NCCCCN1CCN(C)CC1.I. The average molecular weight is 532 g/mol. The molecule has 164 valence electrons. The van der Waals surface area contributed by atoms with Gasteiger partial charge in [-0.25, -0.2) is 0 Å². The molecule has 2 aliphatic rings. The molecule has 2 N–H and O–H groups in total. The van der Waals surface area contributed by atoms with Crippen molar-refractivity contribution in [1.29, 1.82) is 0 Å². The van der Waals surface area contributed by atoms with Crippen molar-refractivity contribution in [3.63, 3.8) is 0 Å². The summed E-state index contributed by atoms with van der Waals surface area (Å²) in [5, 5.41) is 6.94. The molecule has 1 aromatic carbocycles. The van der Waals surface area contributed by atoms with E-state index >= 15 is 0 Å². The van der Waals surface area contributed by atoms with Crippen LogP contribution in [0.25, 0.3) is 0 Å². The van der Waals surface area contributed by atoms with E-state index in [0.29, 0.717) is 4.75 Å². The van der Waals surface area contributed by atoms with Gasteiger partial charge in [0.2, 0.25) is 0 Å². The number of unbranched alkanes of at least 4 members (excludes halogenated alkanes) is 1. The highest BCUT2D eigenvalue weighted by Crippen LogP contribution is 2.51. The van der Waals surface area contributed by atoms with Gasteiger partial charge in [-0.1, -0.05) is 18.2 Å². The van der Waals surface area contributed by atoms with Crippen molar-refractivity contribution in [3.05, 3.63) is 30.3 Å². The molecule has 1 aromatic rings. The van der Waals surface area contributed by atoms with Crippen molar-refractivity contribution in [3.8, 4) is 0 Å². The number of guanidine groups is 1. The van der Waals surface area contributed by atoms with Gasteiger partial charge in [0.15, 0.2) is 5.96 Å². The zero-order valence-electron chi connectivity index (χ0n) is 18.0. The number of thioether (sulfide) groups is 1. The van der Waals surface area contributed by atoms with Crippen LogP contribution in [0.1, 0.15) is 32.6 Å². The molecule has 5 nitrogen and oxygen atoms in total. The van der Waals surface area contributed by atoms with Gasteiger partial charge in [0.1, 0.15) is 0 Å². The third-order valence-electron chi connectivity index (χ3n) is 5.54. The minimum Gasteiger partial charge on any atom is -0.357 e. The third-order valence-corrected chi connectivity index (χ3v) is 7.02. The summed E-state index contributed by atoms with van der Waals surface area (Å²) in [5.74, 6) is 0.974. The number of nitrogens with one attached hydrogen (secondary N) is 2. The van der Waals surface area contributed by atoms with E-state index in [4.69, 9.17) is 4.99 Å². The second kappa shape index (κ2) is 13.0. The number of hydrogen-bond acceptors (Lipinski definition) is 4. The molecule has 1 saturated carbocycles. The molecule has 1 aliphatic carbocycles. The van der Waals surface area contributed by atoms with Gasteiger partial charge in [0.25, 0.3) is 0 Å². The lowest BCUT2D eigenvalue weighted by atomic mass is 10.2. The van der Waals surface area contributed by atoms with Crippen LogP contribution in [0, 0.1) is 0 Å². The van der Waals surface area contributed by atoms with Crippen LogP contribution in [0.5, 0.6) is 0 Å². The Kier molecular flexibility index (Phi) is 11.1. The Bertz CT molecular complexity index is 600. The summed E-state index contributed by atoms with van der Waals surface area (Å²) < 4.78 is 0.311. The van der Waals surface area contributed by atoms with Crippen molar-refractivity contribution in [2.24, 2.45) is 4.99 Å². The monoisotopic (exact) mass is 531 g/mol. The second-order valence-electron chi connectivity index (χ2n) is 8.07. The van der Waals surface area contributed by atoms with Crippen LogP contribution in [-0.4, -0.2) is 79.9 Å². The summed E-state index contributed by atoms with van der Waals surface area (Å²) in [4.78, 5) is 11.3. The average Bonchev–Trinajstić information content (AvgIpc) is 3.47. The standard InChI is InChI=1S/C22H37N5S.HI/c1-3-23-21(24-13-7-8-14-27-17-15-26(2)16-18-27)25-19-22(11-12-22)28-20-9-5-4-6-10-20;/h4-6,9-10H,3,7-8,11-19H2,1-2H3,(H2,23,24,25);1H. The molecule has 0 radical (unpaired) electrons. The quantitative estimate of drug-likeness (QED) is 0.210. The lowest BCUT2D eigenvalue weighted by Gasteiger charge is -2.32. The van der Waals surface area contributed by atoms with E-state index in [1.807, 2.05) is 11.8 Å². The van der Waals surface area contributed by atoms with Crippen molar-refractivity contribution in [2.45, 2.75) is 42.2 Å². The first-order valence-electron chi connectivity index (χ1n) is 10.9. The van der Waals surface area contributed by atoms with Crippen LogP contribution in [0.15, 0.2) is 40.2 Å². The first-order valence-corrected chi connectivity index (χ1v) is 11.7. The van der Waals surface area contributed by atoms with Crippen LogP contribution in [0.2, 0.25) is 0 Å². The lowest BCUT2D eigenvalue weighted by Crippen LogP contribution is -2.44. The van der Waals surface area contributed by atoms with Crippen LogP contribution < -0.4 is 10.6 Å². The number of likely N-dealkylation sites (N-methyl/N-ethyl adjacent to an activating group) is 1. The number of halogens is 1. The van der Waals surface area contributed by atoms with E-state index in [-0.39, 0.29) is 24.0 Å². The van der Waals surface area contributed by atoms with E-state index in [1.54, 1.807) is 0 Å². The molecule has 0 atom stereocenters. The minimum absolute atomic E-state index is 0. The molecule has 1 saturated heterocycles. The van der Waals surface area contributed by atoms with Gasteiger partial charge in [-0.2, -0.15) is 0 Å². The molecule has 0 bridgehead atoms. The number of nitrogens with zero attached hydrogens (tertiary/aromatic N) is 3. The highest BCUT2D eigenvalue weighted by Gasteiger charge is 2.43. The Morgan fingerprint density at radius 1 is 1.07 bits per heavy atom. The molecule has 3 rings (SSSR count). The Labute approximate surface area is 198 Å². The molecule has 1 heterocycles. The molecular weight excluding hydrogens is 493 g/mol. The molecule has 0 aromatic heterocycles. The Hall–Kier alpha value is -0.510. The summed E-state index contributed by atoms with van der Waals surface area (Å²) >= 11 is 1.99. The minimum atomic E-state index is 0. The zero-order chi connectivity index (χ0) is 19.7. The van der Waals surface area contributed by atoms with Gasteiger partial charge < -0.3 is 20.4 Å². The molecule has 7 heteroatoms. The van der Waals surface area contributed by atoms with Crippen LogP contribution >= 0.6 is 35.7 Å². The van der Waals surface area contributed by atoms with Crippen molar-refractivity contribution in [1.82, 2.24) is 20.4 Å². The predicted octanol–water partition coefficient (Wildman–Crippen LogP) is 3.51. The van der Waals surface area contributed by atoms with E-state index in [0.717, 1.165) is 25.6 Å². The maximum Gasteiger partial charge on any atom is 0.191 e. The Balaban J connectivity index is 0.00000300. The summed E-state index contributed by atoms with van der Waals surface area (Å²) in [5.41, 5.74) is 0. The Morgan fingerprint density at radius 2 is 1.79 bits per heavy atom. The van der Waals surface area contributed by atoms with Gasteiger partial charge >= 0.3 is 0 Å². The van der Waals surface area contributed by atoms with E-state index in [9.17, 15) is 0 Å². The molecular formula is C22H38IN5S. The summed E-state index contributed by atoms with van der Waals surface area (Å²) in [7, 11) is 2.22. The lowest BCUT2D eigenvalue weighted by molar-refractivity contribution is 0.152.